The SMILES string of the molecule is CCC(O)=C1C(=O)CC(c2cccc(Oc3cccc(S(C)(=O)=O)c3)c2)CC1=O. The molecule has 1 aliphatic carbocycles. The average molecular weight is 414 g/mol. The van der Waals surface area contributed by atoms with Crippen LogP contribution in [0.4, 0.5) is 0 Å². The summed E-state index contributed by atoms with van der Waals surface area (Å²) < 4.78 is 29.2. The average Bonchev–Trinajstić information content (AvgIpc) is 2.67. The van der Waals surface area contributed by atoms with E-state index in [1.165, 1.54) is 12.1 Å². The first-order chi connectivity index (χ1) is 13.7. The van der Waals surface area contributed by atoms with Crippen LogP contribution in [-0.2, 0) is 19.4 Å². The summed E-state index contributed by atoms with van der Waals surface area (Å²) >= 11 is 0. The molecule has 0 amide bonds. The van der Waals surface area contributed by atoms with Gasteiger partial charge in [-0.1, -0.05) is 25.1 Å². The number of ether oxygens (including phenoxy) is 1. The van der Waals surface area contributed by atoms with Crippen molar-refractivity contribution < 1.29 is 27.9 Å². The summed E-state index contributed by atoms with van der Waals surface area (Å²) in [5.41, 5.74) is 0.701. The van der Waals surface area contributed by atoms with E-state index in [1.54, 1.807) is 37.3 Å². The lowest BCUT2D eigenvalue weighted by atomic mass is 9.79. The van der Waals surface area contributed by atoms with E-state index in [0.29, 0.717) is 11.5 Å². The maximum Gasteiger partial charge on any atom is 0.175 e. The van der Waals surface area contributed by atoms with Crippen LogP contribution in [0.3, 0.4) is 0 Å². The third kappa shape index (κ3) is 4.74. The zero-order valence-corrected chi connectivity index (χ0v) is 17.0. The quantitative estimate of drug-likeness (QED) is 0.449. The molecule has 7 heteroatoms. The normalized spacial score (nSPS) is 17.3. The number of ketones is 2. The highest BCUT2D eigenvalue weighted by molar-refractivity contribution is 7.90. The molecule has 2 aromatic rings. The van der Waals surface area contributed by atoms with Gasteiger partial charge >= 0.3 is 0 Å². The van der Waals surface area contributed by atoms with Crippen LogP contribution in [0.25, 0.3) is 0 Å². The summed E-state index contributed by atoms with van der Waals surface area (Å²) in [6, 6.07) is 13.2. The van der Waals surface area contributed by atoms with Gasteiger partial charge in [-0.3, -0.25) is 9.59 Å². The lowest BCUT2D eigenvalue weighted by molar-refractivity contribution is -0.124. The van der Waals surface area contributed by atoms with Gasteiger partial charge in [-0.05, 0) is 41.8 Å². The number of aliphatic hydroxyl groups is 1. The lowest BCUT2D eigenvalue weighted by Gasteiger charge is -2.23. The molecule has 0 bridgehead atoms. The number of hydrogen-bond acceptors (Lipinski definition) is 6. The van der Waals surface area contributed by atoms with Crippen LogP contribution in [0.15, 0.2) is 64.8 Å². The highest BCUT2D eigenvalue weighted by atomic mass is 32.2. The summed E-state index contributed by atoms with van der Waals surface area (Å²) in [7, 11) is -3.35. The maximum atomic E-state index is 12.4. The van der Waals surface area contributed by atoms with E-state index in [-0.39, 0.29) is 53.0 Å². The Morgan fingerprint density at radius 3 is 2.21 bits per heavy atom. The van der Waals surface area contributed by atoms with E-state index in [0.717, 1.165) is 11.8 Å². The number of aliphatic hydroxyl groups excluding tert-OH is 1. The molecule has 29 heavy (non-hydrogen) atoms. The van der Waals surface area contributed by atoms with Crippen molar-refractivity contribution in [2.75, 3.05) is 6.26 Å². The van der Waals surface area contributed by atoms with Gasteiger partial charge in [0.2, 0.25) is 0 Å². The molecule has 0 radical (unpaired) electrons. The first-order valence-electron chi connectivity index (χ1n) is 9.25. The summed E-state index contributed by atoms with van der Waals surface area (Å²) in [4.78, 5) is 24.9. The lowest BCUT2D eigenvalue weighted by Crippen LogP contribution is -2.26. The fourth-order valence-corrected chi connectivity index (χ4v) is 4.01. The molecule has 1 saturated carbocycles. The topological polar surface area (TPSA) is 97.7 Å². The predicted molar refractivity (Wildman–Crippen MR) is 108 cm³/mol. The second kappa shape index (κ2) is 8.21. The van der Waals surface area contributed by atoms with Gasteiger partial charge in [0.15, 0.2) is 21.4 Å². The molecule has 6 nitrogen and oxygen atoms in total. The Hall–Kier alpha value is -2.93. The molecular weight excluding hydrogens is 392 g/mol. The molecule has 152 valence electrons. The number of Topliss-reactive ketones (excluding diaryl/α,β-unsaturated/α-hetero) is 2. The number of sulfone groups is 1. The molecule has 0 unspecified atom stereocenters. The van der Waals surface area contributed by atoms with Crippen LogP contribution >= 0.6 is 0 Å². The second-order valence-corrected chi connectivity index (χ2v) is 9.06. The van der Waals surface area contributed by atoms with Crippen LogP contribution in [0.5, 0.6) is 11.5 Å². The largest absolute Gasteiger partial charge is 0.511 e. The van der Waals surface area contributed by atoms with E-state index >= 15 is 0 Å². The van der Waals surface area contributed by atoms with Gasteiger partial charge in [-0.25, -0.2) is 8.42 Å². The van der Waals surface area contributed by atoms with Crippen molar-refractivity contribution in [2.24, 2.45) is 0 Å². The van der Waals surface area contributed by atoms with Crippen LogP contribution in [-0.4, -0.2) is 31.3 Å². The molecule has 0 saturated heterocycles. The minimum Gasteiger partial charge on any atom is -0.511 e. The van der Waals surface area contributed by atoms with Crippen molar-refractivity contribution in [3.05, 3.63) is 65.4 Å². The second-order valence-electron chi connectivity index (χ2n) is 7.05. The van der Waals surface area contributed by atoms with E-state index in [9.17, 15) is 23.1 Å². The molecule has 1 aliphatic rings. The third-order valence-corrected chi connectivity index (χ3v) is 5.95. The summed E-state index contributed by atoms with van der Waals surface area (Å²) in [6.07, 6.45) is 1.65. The highest BCUT2D eigenvalue weighted by Gasteiger charge is 2.33. The molecule has 0 aliphatic heterocycles. The fourth-order valence-electron chi connectivity index (χ4n) is 3.35. The highest BCUT2D eigenvalue weighted by Crippen LogP contribution is 2.35. The number of allylic oxidation sites excluding steroid dienone is 2. The number of benzene rings is 2. The number of hydrogen-bond donors (Lipinski definition) is 1. The molecule has 3 rings (SSSR count). The Bertz CT molecular complexity index is 1080. The zero-order chi connectivity index (χ0) is 21.2. The molecule has 1 N–H and O–H groups in total. The smallest absolute Gasteiger partial charge is 0.175 e. The van der Waals surface area contributed by atoms with Crippen molar-refractivity contribution in [3.8, 4) is 11.5 Å². The zero-order valence-electron chi connectivity index (χ0n) is 16.2. The van der Waals surface area contributed by atoms with E-state index in [2.05, 4.69) is 0 Å². The molecule has 1 fully saturated rings. The summed E-state index contributed by atoms with van der Waals surface area (Å²) in [6.45, 7) is 1.69. The molecular formula is C22H22O6S. The van der Waals surface area contributed by atoms with Gasteiger partial charge < -0.3 is 9.84 Å². The monoisotopic (exact) mass is 414 g/mol. The van der Waals surface area contributed by atoms with Crippen molar-refractivity contribution in [2.45, 2.75) is 37.0 Å². The Kier molecular flexibility index (Phi) is 5.88. The van der Waals surface area contributed by atoms with E-state index in [4.69, 9.17) is 4.74 Å². The predicted octanol–water partition coefficient (Wildman–Crippen LogP) is 4.12. The Morgan fingerprint density at radius 2 is 1.62 bits per heavy atom. The minimum atomic E-state index is -3.35. The van der Waals surface area contributed by atoms with Crippen molar-refractivity contribution in [3.63, 3.8) is 0 Å². The molecule has 0 aromatic heterocycles. The molecule has 0 atom stereocenters. The summed E-state index contributed by atoms with van der Waals surface area (Å²) in [5.74, 6) is -0.295. The number of carbonyl (C=O) groups is 2. The Labute approximate surface area is 169 Å². The number of rotatable bonds is 5. The third-order valence-electron chi connectivity index (χ3n) is 4.84. The standard InChI is InChI=1S/C22H22O6S/c1-3-19(23)22-20(24)11-15(12-21(22)25)14-6-4-7-16(10-14)28-17-8-5-9-18(13-17)29(2,26)27/h4-10,13,15,23H,3,11-12H2,1-2H3. The minimum absolute atomic E-state index is 0.0752. The first kappa shape index (κ1) is 20.8. The number of carbonyl (C=O) groups excluding carboxylic acids is 2. The molecule has 0 spiro atoms. The van der Waals surface area contributed by atoms with E-state index < -0.39 is 9.84 Å². The van der Waals surface area contributed by atoms with Crippen molar-refractivity contribution in [1.82, 2.24) is 0 Å². The van der Waals surface area contributed by atoms with Crippen LogP contribution in [0.1, 0.15) is 37.7 Å². The maximum absolute atomic E-state index is 12.4. The van der Waals surface area contributed by atoms with Gasteiger partial charge in [-0.15, -0.1) is 0 Å². The summed E-state index contributed by atoms with van der Waals surface area (Å²) in [5, 5.41) is 9.84. The first-order valence-corrected chi connectivity index (χ1v) is 11.1. The van der Waals surface area contributed by atoms with Crippen LogP contribution < -0.4 is 4.74 Å². The molecule has 2 aromatic carbocycles. The van der Waals surface area contributed by atoms with Gasteiger partial charge in [0.25, 0.3) is 0 Å². The van der Waals surface area contributed by atoms with Gasteiger partial charge in [-0.2, -0.15) is 0 Å². The van der Waals surface area contributed by atoms with E-state index in [1.807, 2.05) is 6.07 Å². The molecule has 0 heterocycles. The van der Waals surface area contributed by atoms with Crippen molar-refractivity contribution in [1.29, 1.82) is 0 Å². The van der Waals surface area contributed by atoms with Crippen LogP contribution in [0.2, 0.25) is 0 Å². The Morgan fingerprint density at radius 1 is 1.03 bits per heavy atom. The van der Waals surface area contributed by atoms with Gasteiger partial charge in [0.05, 0.1) is 10.5 Å². The van der Waals surface area contributed by atoms with Crippen molar-refractivity contribution >= 4 is 21.4 Å². The fraction of sp³-hybridized carbons (Fsp3) is 0.273. The van der Waals surface area contributed by atoms with Gasteiger partial charge in [0.1, 0.15) is 17.3 Å². The van der Waals surface area contributed by atoms with Crippen LogP contribution in [0, 0.1) is 0 Å². The van der Waals surface area contributed by atoms with Gasteiger partial charge in [0, 0.05) is 25.5 Å². The Balaban J connectivity index is 1.82.